The summed E-state index contributed by atoms with van der Waals surface area (Å²) >= 11 is 0. The maximum Gasteiger partial charge on any atom is 0.253 e. The average molecular weight is 626 g/mol. The van der Waals surface area contributed by atoms with Gasteiger partial charge in [0.05, 0.1) is 17.0 Å². The molecule has 46 heavy (non-hydrogen) atoms. The molecule has 0 aliphatic carbocycles. The van der Waals surface area contributed by atoms with Crippen LogP contribution in [0, 0.1) is 13.8 Å². The van der Waals surface area contributed by atoms with Crippen LogP contribution >= 0.6 is 0 Å². The standard InChI is InChI=1S/C37H47N5O4/c1-7-24-20(3)28-17-30-22(5)26(11-9-14-43)35(41-30)27(12-16-45)36-34(37(46)38-13-10-15-44)23(6)31(42-36)19-33-25(8-2)21(4)29(40-33)18-32(24)39-28/h7,17-19,22,26,39-40,43-45H,1,8-16H2,2-6H3,(H,38,46). The first kappa shape index (κ1) is 33.3. The number of aliphatic hydroxyl groups is 3. The summed E-state index contributed by atoms with van der Waals surface area (Å²) in [4.78, 5) is 31.4. The average Bonchev–Trinajstić information content (AvgIpc) is 3.71. The largest absolute Gasteiger partial charge is 0.396 e. The van der Waals surface area contributed by atoms with E-state index >= 15 is 0 Å². The number of aromatic amines is 2. The monoisotopic (exact) mass is 625 g/mol. The Morgan fingerprint density at radius 1 is 0.935 bits per heavy atom. The normalized spacial score (nSPS) is 16.3. The number of rotatable bonds is 11. The Morgan fingerprint density at radius 2 is 1.65 bits per heavy atom. The van der Waals surface area contributed by atoms with Crippen LogP contribution in [0.2, 0.25) is 0 Å². The highest BCUT2D eigenvalue weighted by atomic mass is 16.3. The van der Waals surface area contributed by atoms with Gasteiger partial charge in [-0.2, -0.15) is 0 Å². The van der Waals surface area contributed by atoms with Gasteiger partial charge < -0.3 is 30.6 Å². The summed E-state index contributed by atoms with van der Waals surface area (Å²) < 4.78 is 0. The second-order valence-electron chi connectivity index (χ2n) is 12.4. The van der Waals surface area contributed by atoms with Crippen LogP contribution in [-0.4, -0.2) is 67.5 Å². The molecule has 0 fully saturated rings. The number of hydrogen-bond acceptors (Lipinski definition) is 6. The highest BCUT2D eigenvalue weighted by Gasteiger charge is 2.34. The van der Waals surface area contributed by atoms with Gasteiger partial charge in [0.15, 0.2) is 0 Å². The van der Waals surface area contributed by atoms with Crippen molar-refractivity contribution in [1.82, 2.24) is 25.3 Å². The van der Waals surface area contributed by atoms with E-state index in [-0.39, 0.29) is 44.0 Å². The highest BCUT2D eigenvalue weighted by molar-refractivity contribution is 6.27. The Morgan fingerprint density at radius 3 is 2.33 bits per heavy atom. The molecule has 244 valence electrons. The first-order valence-corrected chi connectivity index (χ1v) is 16.4. The first-order valence-electron chi connectivity index (χ1n) is 16.4. The van der Waals surface area contributed by atoms with E-state index in [2.05, 4.69) is 61.7 Å². The van der Waals surface area contributed by atoms with E-state index in [1.165, 1.54) is 5.56 Å². The Hall–Kier alpha value is -4.05. The summed E-state index contributed by atoms with van der Waals surface area (Å²) in [5.74, 6) is -0.281. The van der Waals surface area contributed by atoms with Crippen molar-refractivity contribution in [2.75, 3.05) is 26.4 Å². The smallest absolute Gasteiger partial charge is 0.253 e. The minimum Gasteiger partial charge on any atom is -0.396 e. The van der Waals surface area contributed by atoms with E-state index in [1.54, 1.807) is 0 Å². The number of H-pyrrole nitrogens is 2. The SMILES string of the molecule is C=Cc1c(C)c2cc3nc(c(CCO)c4nc(cc5[nH]c(cc1[nH]2)c(C)c5CC)C(C)=C4C(=O)NCCCO)C(CCCO)C3C. The minimum absolute atomic E-state index is 0.0239. The summed E-state index contributed by atoms with van der Waals surface area (Å²) in [5, 5.41) is 32.5. The molecule has 6 N–H and O–H groups in total. The molecule has 1 amide bonds. The third-order valence-electron chi connectivity index (χ3n) is 9.61. The lowest BCUT2D eigenvalue weighted by Crippen LogP contribution is -2.26. The van der Waals surface area contributed by atoms with Crippen molar-refractivity contribution >= 4 is 45.2 Å². The van der Waals surface area contributed by atoms with Gasteiger partial charge in [-0.05, 0) is 93.3 Å². The van der Waals surface area contributed by atoms with Gasteiger partial charge in [-0.15, -0.1) is 0 Å². The first-order chi connectivity index (χ1) is 22.2. The zero-order valence-electron chi connectivity index (χ0n) is 27.7. The van der Waals surface area contributed by atoms with Gasteiger partial charge in [-0.1, -0.05) is 26.5 Å². The maximum absolute atomic E-state index is 13.8. The van der Waals surface area contributed by atoms with Crippen LogP contribution in [-0.2, 0) is 17.6 Å². The number of fused-ring (bicyclic) bond motifs is 8. The van der Waals surface area contributed by atoms with Gasteiger partial charge in [-0.3, -0.25) is 9.78 Å². The third kappa shape index (κ3) is 6.07. The number of amides is 1. The molecule has 0 saturated carbocycles. The molecule has 5 rings (SSSR count). The number of aryl methyl sites for hydroxylation is 3. The topological polar surface area (TPSA) is 147 Å². The number of carbonyl (C=O) groups is 1. The molecule has 2 aliphatic rings. The van der Waals surface area contributed by atoms with E-state index in [1.807, 2.05) is 19.1 Å². The van der Waals surface area contributed by atoms with Gasteiger partial charge in [0, 0.05) is 82.8 Å². The molecule has 0 radical (unpaired) electrons. The molecule has 2 aliphatic heterocycles. The lowest BCUT2D eigenvalue weighted by molar-refractivity contribution is -0.115. The van der Waals surface area contributed by atoms with Crippen molar-refractivity contribution in [3.8, 4) is 0 Å². The molecule has 3 aromatic heterocycles. The fraction of sp³-hybridized carbons (Fsp3) is 0.432. The minimum atomic E-state index is -0.269. The highest BCUT2D eigenvalue weighted by Crippen LogP contribution is 2.43. The fourth-order valence-electron chi connectivity index (χ4n) is 6.98. The van der Waals surface area contributed by atoms with Crippen LogP contribution in [0.5, 0.6) is 0 Å². The number of carbonyl (C=O) groups excluding carboxylic acids is 1. The van der Waals surface area contributed by atoms with Crippen LogP contribution in [0.1, 0.15) is 102 Å². The molecular weight excluding hydrogens is 578 g/mol. The molecule has 3 aromatic rings. The zero-order chi connectivity index (χ0) is 33.1. The second kappa shape index (κ2) is 14.2. The van der Waals surface area contributed by atoms with Crippen molar-refractivity contribution in [3.63, 3.8) is 0 Å². The molecule has 0 saturated heterocycles. The molecular formula is C37H47N5O4. The van der Waals surface area contributed by atoms with Crippen molar-refractivity contribution < 1.29 is 20.1 Å². The molecule has 5 heterocycles. The van der Waals surface area contributed by atoms with Gasteiger partial charge in [0.1, 0.15) is 0 Å². The number of allylic oxidation sites excluding steroid dienone is 1. The zero-order valence-corrected chi connectivity index (χ0v) is 27.7. The quantitative estimate of drug-likeness (QED) is 0.149. The molecule has 0 spiro atoms. The Bertz CT molecular complexity index is 1850. The van der Waals surface area contributed by atoms with Gasteiger partial charge in [0.25, 0.3) is 5.91 Å². The molecule has 2 atom stereocenters. The predicted octanol–water partition coefficient (Wildman–Crippen LogP) is 5.76. The Labute approximate surface area is 270 Å². The van der Waals surface area contributed by atoms with Crippen molar-refractivity contribution in [2.24, 2.45) is 0 Å². The molecule has 8 bridgehead atoms. The summed E-state index contributed by atoms with van der Waals surface area (Å²) in [6, 6.07) is 6.24. The Balaban J connectivity index is 1.97. The van der Waals surface area contributed by atoms with E-state index in [9.17, 15) is 20.1 Å². The number of hydrogen-bond donors (Lipinski definition) is 6. The Kier molecular flexibility index (Phi) is 10.3. The van der Waals surface area contributed by atoms with Crippen LogP contribution < -0.4 is 5.32 Å². The van der Waals surface area contributed by atoms with Crippen LogP contribution in [0.4, 0.5) is 0 Å². The van der Waals surface area contributed by atoms with Gasteiger partial charge >= 0.3 is 0 Å². The van der Waals surface area contributed by atoms with Crippen LogP contribution in [0.3, 0.4) is 0 Å². The molecule has 2 unspecified atom stereocenters. The van der Waals surface area contributed by atoms with Gasteiger partial charge in [0.2, 0.25) is 0 Å². The van der Waals surface area contributed by atoms with E-state index < -0.39 is 0 Å². The number of aromatic nitrogens is 4. The number of nitrogens with one attached hydrogen (secondary N) is 3. The van der Waals surface area contributed by atoms with E-state index in [0.717, 1.165) is 67.7 Å². The van der Waals surface area contributed by atoms with Gasteiger partial charge in [-0.25, -0.2) is 4.98 Å². The predicted molar refractivity (Wildman–Crippen MR) is 185 cm³/mol. The summed E-state index contributed by atoms with van der Waals surface area (Å²) in [6.45, 7) is 14.7. The van der Waals surface area contributed by atoms with Crippen molar-refractivity contribution in [1.29, 1.82) is 0 Å². The number of nitrogens with zero attached hydrogens (tertiary/aromatic N) is 2. The summed E-state index contributed by atoms with van der Waals surface area (Å²) in [5.41, 5.74) is 13.1. The summed E-state index contributed by atoms with van der Waals surface area (Å²) in [6.07, 6.45) is 4.70. The second-order valence-corrected chi connectivity index (χ2v) is 12.4. The maximum atomic E-state index is 13.8. The van der Waals surface area contributed by atoms with E-state index in [0.29, 0.717) is 42.8 Å². The van der Waals surface area contributed by atoms with E-state index in [4.69, 9.17) is 9.97 Å². The summed E-state index contributed by atoms with van der Waals surface area (Å²) in [7, 11) is 0. The third-order valence-corrected chi connectivity index (χ3v) is 9.61. The molecule has 9 nitrogen and oxygen atoms in total. The molecule has 0 aromatic carbocycles. The number of aliphatic hydroxyl groups excluding tert-OH is 3. The molecule has 9 heteroatoms. The van der Waals surface area contributed by atoms with Crippen LogP contribution in [0.15, 0.2) is 24.8 Å². The lowest BCUT2D eigenvalue weighted by atomic mass is 9.84. The van der Waals surface area contributed by atoms with Crippen molar-refractivity contribution in [2.45, 2.75) is 78.6 Å². The fourth-order valence-corrected chi connectivity index (χ4v) is 6.98. The van der Waals surface area contributed by atoms with Crippen LogP contribution in [0.25, 0.3) is 39.3 Å². The van der Waals surface area contributed by atoms with Crippen molar-refractivity contribution in [3.05, 3.63) is 75.4 Å². The lowest BCUT2D eigenvalue weighted by Gasteiger charge is -2.18.